The Hall–Kier alpha value is 0.650. The van der Waals surface area contributed by atoms with Crippen LogP contribution in [-0.4, -0.2) is 6.54 Å². The van der Waals surface area contributed by atoms with Crippen molar-refractivity contribution in [1.29, 1.82) is 0 Å². The van der Waals surface area contributed by atoms with Crippen LogP contribution >= 0.6 is 24.0 Å². The lowest BCUT2D eigenvalue weighted by atomic mass is 10.5. The number of rotatable bonds is 2. The molecule has 0 aliphatic carbocycles. The number of hydrazine groups is 1. The average molecular weight is 202 g/mol. The molecule has 0 amide bonds. The fourth-order valence-corrected chi connectivity index (χ4v) is 0.144. The van der Waals surface area contributed by atoms with Crippen LogP contribution in [0.1, 0.15) is 13.3 Å². The van der Waals surface area contributed by atoms with E-state index in [-0.39, 0.29) is 24.0 Å². The maximum atomic E-state index is 4.89. The minimum Gasteiger partial charge on any atom is -0.271 e. The molecule has 0 heterocycles. The molecule has 0 spiro atoms. The van der Waals surface area contributed by atoms with Crippen LogP contribution in [0.2, 0.25) is 0 Å². The molecule has 2 nitrogen and oxygen atoms in total. The highest BCUT2D eigenvalue weighted by atomic mass is 127. The first kappa shape index (κ1) is 9.82. The van der Waals surface area contributed by atoms with E-state index in [1.807, 2.05) is 0 Å². The molecule has 0 aromatic carbocycles. The number of halogens is 1. The highest BCUT2D eigenvalue weighted by Crippen LogP contribution is 1.61. The van der Waals surface area contributed by atoms with E-state index in [1.165, 1.54) is 0 Å². The van der Waals surface area contributed by atoms with Crippen molar-refractivity contribution >= 4 is 24.0 Å². The lowest BCUT2D eigenvalue weighted by Crippen LogP contribution is -2.21. The largest absolute Gasteiger partial charge is 0.271 e. The van der Waals surface area contributed by atoms with Gasteiger partial charge >= 0.3 is 0 Å². The Morgan fingerprint density at radius 1 is 1.67 bits per heavy atom. The van der Waals surface area contributed by atoms with Gasteiger partial charge in [-0.1, -0.05) is 6.92 Å². The van der Waals surface area contributed by atoms with Crippen molar-refractivity contribution in [3.05, 3.63) is 0 Å². The summed E-state index contributed by atoms with van der Waals surface area (Å²) in [6.45, 7) is 2.99. The van der Waals surface area contributed by atoms with E-state index in [1.54, 1.807) is 0 Å². The van der Waals surface area contributed by atoms with E-state index in [2.05, 4.69) is 12.3 Å². The predicted octanol–water partition coefficient (Wildman–Crippen LogP) is 0.478. The maximum absolute atomic E-state index is 4.89. The first-order chi connectivity index (χ1) is 2.41. The van der Waals surface area contributed by atoms with E-state index in [0.29, 0.717) is 0 Å². The second kappa shape index (κ2) is 9.17. The smallest absolute Gasteiger partial charge is 0.00947 e. The molecule has 0 bridgehead atoms. The summed E-state index contributed by atoms with van der Waals surface area (Å²) in [7, 11) is 0. The van der Waals surface area contributed by atoms with Crippen molar-refractivity contribution in [2.75, 3.05) is 6.54 Å². The van der Waals surface area contributed by atoms with E-state index < -0.39 is 0 Å². The summed E-state index contributed by atoms with van der Waals surface area (Å²) in [6, 6.07) is 0. The Labute approximate surface area is 55.5 Å². The quantitative estimate of drug-likeness (QED) is 0.388. The number of nitrogens with one attached hydrogen (secondary N) is 1. The van der Waals surface area contributed by atoms with Crippen LogP contribution in [0.4, 0.5) is 0 Å². The topological polar surface area (TPSA) is 38.0 Å². The molecular weight excluding hydrogens is 191 g/mol. The van der Waals surface area contributed by atoms with Crippen LogP contribution in [0.5, 0.6) is 0 Å². The van der Waals surface area contributed by atoms with Gasteiger partial charge in [0.2, 0.25) is 0 Å². The maximum Gasteiger partial charge on any atom is 0.00947 e. The molecule has 6 heavy (non-hydrogen) atoms. The van der Waals surface area contributed by atoms with E-state index in [9.17, 15) is 0 Å². The van der Waals surface area contributed by atoms with Gasteiger partial charge in [-0.15, -0.1) is 24.0 Å². The summed E-state index contributed by atoms with van der Waals surface area (Å²) < 4.78 is 0. The molecule has 0 aliphatic rings. The molecule has 0 saturated carbocycles. The highest BCUT2D eigenvalue weighted by Gasteiger charge is 1.64. The van der Waals surface area contributed by atoms with Crippen LogP contribution in [0.15, 0.2) is 0 Å². The molecule has 0 fully saturated rings. The molecule has 0 aromatic heterocycles. The molecule has 0 aliphatic heterocycles. The summed E-state index contributed by atoms with van der Waals surface area (Å²) in [6.07, 6.45) is 1.11. The third-order valence-corrected chi connectivity index (χ3v) is 0.394. The van der Waals surface area contributed by atoms with Gasteiger partial charge in [-0.25, -0.2) is 0 Å². The van der Waals surface area contributed by atoms with Crippen LogP contribution in [-0.2, 0) is 0 Å². The van der Waals surface area contributed by atoms with E-state index in [0.717, 1.165) is 13.0 Å². The fraction of sp³-hybridized carbons (Fsp3) is 1.00. The summed E-state index contributed by atoms with van der Waals surface area (Å²) in [5.74, 6) is 4.89. The van der Waals surface area contributed by atoms with Crippen molar-refractivity contribution in [1.82, 2.24) is 5.43 Å². The van der Waals surface area contributed by atoms with E-state index >= 15 is 0 Å². The third-order valence-electron chi connectivity index (χ3n) is 0.394. The zero-order valence-electron chi connectivity index (χ0n) is 3.90. The molecule has 0 atom stereocenters. The fourth-order valence-electron chi connectivity index (χ4n) is 0.144. The molecule has 0 radical (unpaired) electrons. The summed E-state index contributed by atoms with van der Waals surface area (Å²) >= 11 is 0. The molecule has 0 rings (SSSR count). The Balaban J connectivity index is 0. The van der Waals surface area contributed by atoms with Crippen molar-refractivity contribution in [3.63, 3.8) is 0 Å². The lowest BCUT2D eigenvalue weighted by molar-refractivity contribution is 0.714. The summed E-state index contributed by atoms with van der Waals surface area (Å²) in [5.41, 5.74) is 2.52. The van der Waals surface area contributed by atoms with Crippen molar-refractivity contribution in [3.8, 4) is 0 Å². The van der Waals surface area contributed by atoms with Crippen molar-refractivity contribution < 1.29 is 0 Å². The third kappa shape index (κ3) is 8.82. The van der Waals surface area contributed by atoms with Crippen LogP contribution < -0.4 is 11.3 Å². The Morgan fingerprint density at radius 3 is 2.17 bits per heavy atom. The molecule has 40 valence electrons. The first-order valence-corrected chi connectivity index (χ1v) is 1.85. The SMILES string of the molecule is CCCNN.I. The summed E-state index contributed by atoms with van der Waals surface area (Å²) in [4.78, 5) is 0. The van der Waals surface area contributed by atoms with Gasteiger partial charge in [0.25, 0.3) is 0 Å². The molecule has 0 saturated heterocycles. The second-order valence-electron chi connectivity index (χ2n) is 0.954. The predicted molar refractivity (Wildman–Crippen MR) is 37.9 cm³/mol. The number of hydrogen-bond donors (Lipinski definition) is 2. The van der Waals surface area contributed by atoms with Gasteiger partial charge in [-0.3, -0.25) is 11.3 Å². The van der Waals surface area contributed by atoms with Crippen LogP contribution in [0, 0.1) is 0 Å². The molecule has 3 heteroatoms. The van der Waals surface area contributed by atoms with Gasteiger partial charge in [0.1, 0.15) is 0 Å². The zero-order valence-corrected chi connectivity index (χ0v) is 6.23. The Kier molecular flexibility index (Phi) is 15.0. The van der Waals surface area contributed by atoms with Gasteiger partial charge in [-0.2, -0.15) is 0 Å². The number of nitrogens with two attached hydrogens (primary N) is 1. The lowest BCUT2D eigenvalue weighted by Gasteiger charge is -1.85. The molecule has 0 unspecified atom stereocenters. The number of hydrogen-bond acceptors (Lipinski definition) is 2. The zero-order chi connectivity index (χ0) is 4.12. The van der Waals surface area contributed by atoms with Crippen molar-refractivity contribution in [2.45, 2.75) is 13.3 Å². The van der Waals surface area contributed by atoms with Crippen LogP contribution in [0.3, 0.4) is 0 Å². The van der Waals surface area contributed by atoms with E-state index in [4.69, 9.17) is 5.84 Å². The highest BCUT2D eigenvalue weighted by molar-refractivity contribution is 14.0. The first-order valence-electron chi connectivity index (χ1n) is 1.85. The normalized spacial score (nSPS) is 7.00. The molecule has 0 aromatic rings. The van der Waals surface area contributed by atoms with Gasteiger partial charge in [-0.05, 0) is 6.42 Å². The van der Waals surface area contributed by atoms with Crippen LogP contribution in [0.25, 0.3) is 0 Å². The van der Waals surface area contributed by atoms with Crippen molar-refractivity contribution in [2.24, 2.45) is 5.84 Å². The van der Waals surface area contributed by atoms with Gasteiger partial charge in [0, 0.05) is 6.54 Å². The molecule has 3 N–H and O–H groups in total. The second-order valence-corrected chi connectivity index (χ2v) is 0.954. The minimum absolute atomic E-state index is 0. The van der Waals surface area contributed by atoms with Gasteiger partial charge in [0.05, 0.1) is 0 Å². The van der Waals surface area contributed by atoms with Gasteiger partial charge < -0.3 is 0 Å². The summed E-state index contributed by atoms with van der Waals surface area (Å²) in [5, 5.41) is 0. The van der Waals surface area contributed by atoms with Gasteiger partial charge in [0.15, 0.2) is 0 Å². The average Bonchev–Trinajstić information content (AvgIpc) is 1.41. The monoisotopic (exact) mass is 202 g/mol. The minimum atomic E-state index is 0. The molecular formula is C3H11IN2. The standard InChI is InChI=1S/C3H10N2.HI/c1-2-3-5-4;/h5H,2-4H2,1H3;1H. The Morgan fingerprint density at radius 2 is 2.17 bits per heavy atom. The Bertz CT molecular complexity index is 16.3.